The van der Waals surface area contributed by atoms with E-state index in [0.717, 1.165) is 4.47 Å². The summed E-state index contributed by atoms with van der Waals surface area (Å²) in [7, 11) is 0. The highest BCUT2D eigenvalue weighted by Crippen LogP contribution is 2.18. The molecule has 2 aromatic rings. The van der Waals surface area contributed by atoms with E-state index >= 15 is 0 Å². The first-order chi connectivity index (χ1) is 9.15. The molecule has 0 aliphatic heterocycles. The van der Waals surface area contributed by atoms with Crippen molar-refractivity contribution < 1.29 is 13.6 Å². The van der Waals surface area contributed by atoms with E-state index in [4.69, 9.17) is 4.84 Å². The molecule has 0 radical (unpaired) electrons. The van der Waals surface area contributed by atoms with E-state index in [1.807, 2.05) is 0 Å². The molecule has 0 atom stereocenters. The van der Waals surface area contributed by atoms with Crippen molar-refractivity contribution in [3.8, 4) is 0 Å². The summed E-state index contributed by atoms with van der Waals surface area (Å²) in [4.78, 5) is 5.05. The standard InChI is InChI=1S/C14H10BrF2NO/c15-14-5-4-13(17)7-11(14)9-19-18-8-10-2-1-3-12(16)6-10/h1-8H,9H2/b18-8+. The Morgan fingerprint density at radius 1 is 1.11 bits per heavy atom. The van der Waals surface area contributed by atoms with Crippen LogP contribution in [0.25, 0.3) is 0 Å². The topological polar surface area (TPSA) is 21.6 Å². The lowest BCUT2D eigenvalue weighted by Crippen LogP contribution is -1.91. The summed E-state index contributed by atoms with van der Waals surface area (Å²) in [6, 6.07) is 10.3. The summed E-state index contributed by atoms with van der Waals surface area (Å²) in [5.41, 5.74) is 1.25. The Labute approximate surface area is 117 Å². The van der Waals surface area contributed by atoms with Gasteiger partial charge in [-0.3, -0.25) is 0 Å². The van der Waals surface area contributed by atoms with Crippen molar-refractivity contribution in [1.29, 1.82) is 0 Å². The molecular formula is C14H10BrF2NO. The lowest BCUT2D eigenvalue weighted by atomic mass is 10.2. The number of hydrogen-bond donors (Lipinski definition) is 0. The van der Waals surface area contributed by atoms with Crippen LogP contribution >= 0.6 is 15.9 Å². The van der Waals surface area contributed by atoms with Gasteiger partial charge in [0.1, 0.15) is 18.2 Å². The molecule has 0 fully saturated rings. The van der Waals surface area contributed by atoms with E-state index in [-0.39, 0.29) is 18.2 Å². The Balaban J connectivity index is 1.95. The molecule has 0 heterocycles. The van der Waals surface area contributed by atoms with E-state index in [1.165, 1.54) is 30.5 Å². The number of halogens is 3. The van der Waals surface area contributed by atoms with Gasteiger partial charge in [-0.25, -0.2) is 8.78 Å². The second kappa shape index (κ2) is 6.43. The van der Waals surface area contributed by atoms with Crippen molar-refractivity contribution in [2.24, 2.45) is 5.16 Å². The third-order valence-corrected chi connectivity index (χ3v) is 3.13. The highest BCUT2D eigenvalue weighted by Gasteiger charge is 2.01. The van der Waals surface area contributed by atoms with Gasteiger partial charge < -0.3 is 4.84 Å². The van der Waals surface area contributed by atoms with Crippen molar-refractivity contribution in [1.82, 2.24) is 0 Å². The molecule has 2 aromatic carbocycles. The fourth-order valence-corrected chi connectivity index (χ4v) is 1.81. The Morgan fingerprint density at radius 3 is 2.68 bits per heavy atom. The first-order valence-corrected chi connectivity index (χ1v) is 6.29. The number of benzene rings is 2. The molecule has 0 unspecified atom stereocenters. The Kier molecular flexibility index (Phi) is 4.63. The van der Waals surface area contributed by atoms with Gasteiger partial charge in [-0.15, -0.1) is 0 Å². The van der Waals surface area contributed by atoms with E-state index < -0.39 is 0 Å². The maximum absolute atomic E-state index is 13.0. The smallest absolute Gasteiger partial charge is 0.143 e. The zero-order chi connectivity index (χ0) is 13.7. The number of rotatable bonds is 4. The van der Waals surface area contributed by atoms with Crippen LogP contribution in [0.4, 0.5) is 8.78 Å². The quantitative estimate of drug-likeness (QED) is 0.607. The Bertz CT molecular complexity index is 602. The summed E-state index contributed by atoms with van der Waals surface area (Å²) in [6.07, 6.45) is 1.40. The first-order valence-electron chi connectivity index (χ1n) is 5.50. The van der Waals surface area contributed by atoms with E-state index in [0.29, 0.717) is 11.1 Å². The van der Waals surface area contributed by atoms with Crippen LogP contribution < -0.4 is 0 Å². The molecule has 0 aromatic heterocycles. The zero-order valence-corrected chi connectivity index (χ0v) is 11.4. The van der Waals surface area contributed by atoms with Crippen LogP contribution in [0.3, 0.4) is 0 Å². The van der Waals surface area contributed by atoms with E-state index in [9.17, 15) is 8.78 Å². The molecule has 0 saturated heterocycles. The maximum Gasteiger partial charge on any atom is 0.143 e. The number of hydrogen-bond acceptors (Lipinski definition) is 2. The van der Waals surface area contributed by atoms with Crippen LogP contribution in [-0.4, -0.2) is 6.21 Å². The van der Waals surface area contributed by atoms with Crippen molar-refractivity contribution >= 4 is 22.1 Å². The van der Waals surface area contributed by atoms with Crippen LogP contribution in [0, 0.1) is 11.6 Å². The Morgan fingerprint density at radius 2 is 1.89 bits per heavy atom. The van der Waals surface area contributed by atoms with Crippen molar-refractivity contribution in [2.75, 3.05) is 0 Å². The van der Waals surface area contributed by atoms with E-state index in [1.54, 1.807) is 18.2 Å². The van der Waals surface area contributed by atoms with Gasteiger partial charge in [0.05, 0.1) is 6.21 Å². The van der Waals surface area contributed by atoms with Crippen LogP contribution in [0.5, 0.6) is 0 Å². The van der Waals surface area contributed by atoms with Crippen molar-refractivity contribution in [3.63, 3.8) is 0 Å². The largest absolute Gasteiger partial charge is 0.391 e. The van der Waals surface area contributed by atoms with Gasteiger partial charge in [0, 0.05) is 10.0 Å². The molecule has 0 spiro atoms. The van der Waals surface area contributed by atoms with Gasteiger partial charge in [0.15, 0.2) is 0 Å². The van der Waals surface area contributed by atoms with Gasteiger partial charge >= 0.3 is 0 Å². The van der Waals surface area contributed by atoms with Crippen LogP contribution in [0.1, 0.15) is 11.1 Å². The predicted molar refractivity (Wildman–Crippen MR) is 72.9 cm³/mol. The lowest BCUT2D eigenvalue weighted by molar-refractivity contribution is 0.131. The van der Waals surface area contributed by atoms with Gasteiger partial charge in [0.2, 0.25) is 0 Å². The molecule has 0 bridgehead atoms. The average Bonchev–Trinajstić information content (AvgIpc) is 2.39. The minimum atomic E-state index is -0.337. The zero-order valence-electron chi connectivity index (χ0n) is 9.82. The number of nitrogens with zero attached hydrogens (tertiary/aromatic N) is 1. The molecule has 0 aliphatic carbocycles. The summed E-state index contributed by atoms with van der Waals surface area (Å²) in [5.74, 6) is -0.673. The molecular weight excluding hydrogens is 316 g/mol. The SMILES string of the molecule is Fc1cccc(/C=N/OCc2cc(F)ccc2Br)c1. The van der Waals surface area contributed by atoms with E-state index in [2.05, 4.69) is 21.1 Å². The van der Waals surface area contributed by atoms with Gasteiger partial charge in [0.25, 0.3) is 0 Å². The van der Waals surface area contributed by atoms with Gasteiger partial charge in [-0.2, -0.15) is 0 Å². The average molecular weight is 326 g/mol. The normalized spacial score (nSPS) is 10.9. The van der Waals surface area contributed by atoms with Crippen LogP contribution in [0.2, 0.25) is 0 Å². The van der Waals surface area contributed by atoms with Crippen LogP contribution in [-0.2, 0) is 11.4 Å². The molecule has 0 saturated carbocycles. The number of oxime groups is 1. The van der Waals surface area contributed by atoms with Crippen molar-refractivity contribution in [2.45, 2.75) is 6.61 Å². The summed E-state index contributed by atoms with van der Waals surface area (Å²) >= 11 is 3.29. The predicted octanol–water partition coefficient (Wildman–Crippen LogP) is 4.28. The lowest BCUT2D eigenvalue weighted by Gasteiger charge is -2.03. The highest BCUT2D eigenvalue weighted by atomic mass is 79.9. The molecule has 2 nitrogen and oxygen atoms in total. The second-order valence-electron chi connectivity index (χ2n) is 3.80. The van der Waals surface area contributed by atoms with Gasteiger partial charge in [-0.1, -0.05) is 33.2 Å². The monoisotopic (exact) mass is 325 g/mol. The molecule has 0 aliphatic rings. The molecule has 0 amide bonds. The fraction of sp³-hybridized carbons (Fsp3) is 0.0714. The fourth-order valence-electron chi connectivity index (χ4n) is 1.45. The summed E-state index contributed by atoms with van der Waals surface area (Å²) in [6.45, 7) is 0.129. The van der Waals surface area contributed by atoms with Crippen LogP contribution in [0.15, 0.2) is 52.1 Å². The summed E-state index contributed by atoms with van der Waals surface area (Å²) in [5, 5.41) is 3.71. The molecule has 98 valence electrons. The minimum Gasteiger partial charge on any atom is -0.391 e. The highest BCUT2D eigenvalue weighted by molar-refractivity contribution is 9.10. The second-order valence-corrected chi connectivity index (χ2v) is 4.65. The molecule has 19 heavy (non-hydrogen) atoms. The Hall–Kier alpha value is -1.75. The third-order valence-electron chi connectivity index (χ3n) is 2.35. The molecule has 2 rings (SSSR count). The van der Waals surface area contributed by atoms with Crippen molar-refractivity contribution in [3.05, 3.63) is 69.7 Å². The first kappa shape index (κ1) is 13.7. The minimum absolute atomic E-state index is 0.129. The third kappa shape index (κ3) is 4.13. The molecule has 0 N–H and O–H groups in total. The maximum atomic E-state index is 13.0. The van der Waals surface area contributed by atoms with Gasteiger partial charge in [-0.05, 0) is 35.9 Å². The molecule has 5 heteroatoms. The summed E-state index contributed by atoms with van der Waals surface area (Å²) < 4.78 is 26.6.